The molecule has 2 aromatic rings. The minimum Gasteiger partial charge on any atom is -0.496 e. The molecular weight excluding hydrogens is 260 g/mol. The van der Waals surface area contributed by atoms with Gasteiger partial charge in [0.05, 0.1) is 18.7 Å². The maximum absolute atomic E-state index is 8.93. The maximum Gasteiger partial charge on any atom is 0.123 e. The van der Waals surface area contributed by atoms with Crippen LogP contribution in [-0.2, 0) is 6.54 Å². The molecule has 0 saturated heterocycles. The molecule has 0 heterocycles. The first-order valence-electron chi connectivity index (χ1n) is 7.01. The number of nitriles is 1. The first kappa shape index (κ1) is 15.1. The number of hydrogen-bond donors (Lipinski definition) is 1. The Kier molecular flexibility index (Phi) is 4.97. The van der Waals surface area contributed by atoms with Crippen molar-refractivity contribution in [3.05, 3.63) is 64.7 Å². The van der Waals surface area contributed by atoms with E-state index >= 15 is 0 Å². The first-order valence-corrected chi connectivity index (χ1v) is 7.01. The van der Waals surface area contributed by atoms with Gasteiger partial charge in [-0.2, -0.15) is 5.26 Å². The van der Waals surface area contributed by atoms with Crippen LogP contribution in [0.15, 0.2) is 42.5 Å². The zero-order chi connectivity index (χ0) is 15.2. The number of aryl methyl sites for hydroxylation is 1. The smallest absolute Gasteiger partial charge is 0.123 e. The van der Waals surface area contributed by atoms with Crippen molar-refractivity contribution in [2.75, 3.05) is 7.11 Å². The van der Waals surface area contributed by atoms with Crippen molar-refractivity contribution < 1.29 is 4.74 Å². The third-order valence-corrected chi connectivity index (χ3v) is 3.52. The molecule has 0 aliphatic carbocycles. The summed E-state index contributed by atoms with van der Waals surface area (Å²) >= 11 is 0. The minimum atomic E-state index is 0.172. The van der Waals surface area contributed by atoms with E-state index in [0.717, 1.165) is 16.9 Å². The molecule has 0 spiro atoms. The fraction of sp³-hybridized carbons (Fsp3) is 0.278. The number of rotatable bonds is 5. The highest BCUT2D eigenvalue weighted by Crippen LogP contribution is 2.26. The number of methoxy groups -OCH3 is 1. The van der Waals surface area contributed by atoms with Gasteiger partial charge in [0.15, 0.2) is 0 Å². The van der Waals surface area contributed by atoms with Crippen molar-refractivity contribution in [1.82, 2.24) is 5.32 Å². The van der Waals surface area contributed by atoms with Gasteiger partial charge >= 0.3 is 0 Å². The minimum absolute atomic E-state index is 0.172. The van der Waals surface area contributed by atoms with E-state index in [2.05, 4.69) is 31.3 Å². The highest BCUT2D eigenvalue weighted by molar-refractivity contribution is 5.39. The van der Waals surface area contributed by atoms with Crippen molar-refractivity contribution in [3.8, 4) is 11.8 Å². The third kappa shape index (κ3) is 3.84. The van der Waals surface area contributed by atoms with Gasteiger partial charge in [0.2, 0.25) is 0 Å². The lowest BCUT2D eigenvalue weighted by molar-refractivity contribution is 0.401. The Morgan fingerprint density at radius 1 is 1.24 bits per heavy atom. The summed E-state index contributed by atoms with van der Waals surface area (Å²) in [6.45, 7) is 4.91. The van der Waals surface area contributed by atoms with Gasteiger partial charge in [-0.15, -0.1) is 0 Å². The van der Waals surface area contributed by atoms with Crippen molar-refractivity contribution in [3.63, 3.8) is 0 Å². The molecule has 2 aromatic carbocycles. The summed E-state index contributed by atoms with van der Waals surface area (Å²) in [6.07, 6.45) is 0. The van der Waals surface area contributed by atoms with E-state index in [0.29, 0.717) is 12.1 Å². The fourth-order valence-corrected chi connectivity index (χ4v) is 2.32. The van der Waals surface area contributed by atoms with Crippen LogP contribution < -0.4 is 10.1 Å². The Labute approximate surface area is 126 Å². The summed E-state index contributed by atoms with van der Waals surface area (Å²) < 4.78 is 5.43. The molecule has 0 aliphatic rings. The molecule has 1 atom stereocenters. The molecule has 21 heavy (non-hydrogen) atoms. The molecular formula is C18H20N2O. The second-order valence-electron chi connectivity index (χ2n) is 5.16. The molecule has 0 unspecified atom stereocenters. The summed E-state index contributed by atoms with van der Waals surface area (Å²) in [5.41, 5.74) is 4.16. The van der Waals surface area contributed by atoms with Gasteiger partial charge in [0, 0.05) is 18.2 Å². The summed E-state index contributed by atoms with van der Waals surface area (Å²) in [6, 6.07) is 16.2. The predicted molar refractivity (Wildman–Crippen MR) is 84.1 cm³/mol. The molecule has 0 aromatic heterocycles. The summed E-state index contributed by atoms with van der Waals surface area (Å²) in [7, 11) is 1.69. The summed E-state index contributed by atoms with van der Waals surface area (Å²) in [5.74, 6) is 0.895. The van der Waals surface area contributed by atoms with E-state index in [1.807, 2.05) is 36.4 Å². The zero-order valence-electron chi connectivity index (χ0n) is 12.7. The van der Waals surface area contributed by atoms with Crippen LogP contribution in [-0.4, -0.2) is 7.11 Å². The van der Waals surface area contributed by atoms with Crippen LogP contribution in [0.1, 0.15) is 35.2 Å². The molecule has 3 nitrogen and oxygen atoms in total. The second kappa shape index (κ2) is 6.92. The normalized spacial score (nSPS) is 11.7. The van der Waals surface area contributed by atoms with Crippen LogP contribution in [0.3, 0.4) is 0 Å². The van der Waals surface area contributed by atoms with Gasteiger partial charge < -0.3 is 10.1 Å². The Morgan fingerprint density at radius 3 is 2.76 bits per heavy atom. The lowest BCUT2D eigenvalue weighted by Gasteiger charge is -2.18. The Morgan fingerprint density at radius 2 is 2.05 bits per heavy atom. The van der Waals surface area contributed by atoms with Gasteiger partial charge in [0.1, 0.15) is 5.75 Å². The van der Waals surface area contributed by atoms with Gasteiger partial charge in [-0.05, 0) is 37.6 Å². The van der Waals surface area contributed by atoms with Crippen LogP contribution >= 0.6 is 0 Å². The Bertz CT molecular complexity index is 659. The van der Waals surface area contributed by atoms with E-state index in [1.54, 1.807) is 7.11 Å². The molecule has 108 valence electrons. The molecule has 0 bridgehead atoms. The third-order valence-electron chi connectivity index (χ3n) is 3.52. The van der Waals surface area contributed by atoms with Crippen LogP contribution in [0.2, 0.25) is 0 Å². The van der Waals surface area contributed by atoms with Crippen molar-refractivity contribution in [2.45, 2.75) is 26.4 Å². The lowest BCUT2D eigenvalue weighted by atomic mass is 10.0. The van der Waals surface area contributed by atoms with Crippen LogP contribution in [0.4, 0.5) is 0 Å². The number of ether oxygens (including phenoxy) is 1. The van der Waals surface area contributed by atoms with E-state index in [9.17, 15) is 0 Å². The van der Waals surface area contributed by atoms with Gasteiger partial charge in [-0.25, -0.2) is 0 Å². The SMILES string of the molecule is COc1ccc(C)cc1[C@@H](C)NCc1cccc(C#N)c1. The van der Waals surface area contributed by atoms with E-state index in [4.69, 9.17) is 10.00 Å². The number of benzene rings is 2. The molecule has 0 amide bonds. The molecule has 1 N–H and O–H groups in total. The van der Waals surface area contributed by atoms with Crippen molar-refractivity contribution in [2.24, 2.45) is 0 Å². The molecule has 2 rings (SSSR count). The quantitative estimate of drug-likeness (QED) is 0.907. The van der Waals surface area contributed by atoms with Gasteiger partial charge in [-0.1, -0.05) is 29.8 Å². The van der Waals surface area contributed by atoms with Crippen molar-refractivity contribution >= 4 is 0 Å². The van der Waals surface area contributed by atoms with E-state index in [1.165, 1.54) is 5.56 Å². The maximum atomic E-state index is 8.93. The zero-order valence-corrected chi connectivity index (χ0v) is 12.7. The van der Waals surface area contributed by atoms with E-state index < -0.39 is 0 Å². The van der Waals surface area contributed by atoms with E-state index in [-0.39, 0.29) is 6.04 Å². The van der Waals surface area contributed by atoms with Crippen LogP contribution in [0.25, 0.3) is 0 Å². The second-order valence-corrected chi connectivity index (χ2v) is 5.16. The molecule has 0 saturated carbocycles. The highest BCUT2D eigenvalue weighted by Gasteiger charge is 2.11. The number of nitrogens with one attached hydrogen (secondary N) is 1. The van der Waals surface area contributed by atoms with Gasteiger partial charge in [0.25, 0.3) is 0 Å². The topological polar surface area (TPSA) is 45.0 Å². The van der Waals surface area contributed by atoms with Crippen LogP contribution in [0.5, 0.6) is 5.75 Å². The van der Waals surface area contributed by atoms with Crippen LogP contribution in [0, 0.1) is 18.3 Å². The highest BCUT2D eigenvalue weighted by atomic mass is 16.5. The molecule has 0 radical (unpaired) electrons. The Hall–Kier alpha value is -2.31. The summed E-state index contributed by atoms with van der Waals surface area (Å²) in [5, 5.41) is 12.4. The summed E-state index contributed by atoms with van der Waals surface area (Å²) in [4.78, 5) is 0. The van der Waals surface area contributed by atoms with Gasteiger partial charge in [-0.3, -0.25) is 0 Å². The Balaban J connectivity index is 2.09. The monoisotopic (exact) mass is 280 g/mol. The average molecular weight is 280 g/mol. The molecule has 3 heteroatoms. The number of nitrogens with zero attached hydrogens (tertiary/aromatic N) is 1. The predicted octanol–water partition coefficient (Wildman–Crippen LogP) is 3.73. The molecule has 0 fully saturated rings. The first-order chi connectivity index (χ1) is 10.1. The largest absolute Gasteiger partial charge is 0.496 e. The van der Waals surface area contributed by atoms with Crippen molar-refractivity contribution in [1.29, 1.82) is 5.26 Å². The standard InChI is InChI=1S/C18H20N2O/c1-13-7-8-18(21-3)17(9-13)14(2)20-12-16-6-4-5-15(10-16)11-19/h4-10,14,20H,12H2,1-3H3/t14-/m1/s1. The lowest BCUT2D eigenvalue weighted by Crippen LogP contribution is -2.19. The average Bonchev–Trinajstić information content (AvgIpc) is 2.52. The molecule has 0 aliphatic heterocycles. The number of hydrogen-bond acceptors (Lipinski definition) is 3. The fourth-order valence-electron chi connectivity index (χ4n) is 2.32.